The lowest BCUT2D eigenvalue weighted by molar-refractivity contribution is -0.112. The molecule has 0 saturated heterocycles. The zero-order valence-electron chi connectivity index (χ0n) is 14.0. The molecular formula is C18H14BrN5OS. The van der Waals surface area contributed by atoms with Crippen molar-refractivity contribution in [1.82, 2.24) is 14.9 Å². The summed E-state index contributed by atoms with van der Waals surface area (Å²) in [4.78, 5) is 14.4. The van der Waals surface area contributed by atoms with Gasteiger partial charge in [-0.25, -0.2) is 5.10 Å². The number of benzene rings is 2. The van der Waals surface area contributed by atoms with E-state index in [0.717, 1.165) is 26.9 Å². The molecule has 2 aromatic carbocycles. The van der Waals surface area contributed by atoms with Crippen molar-refractivity contribution in [1.29, 1.82) is 0 Å². The van der Waals surface area contributed by atoms with Gasteiger partial charge in [0.05, 0.1) is 5.69 Å². The van der Waals surface area contributed by atoms with Gasteiger partial charge in [0, 0.05) is 22.6 Å². The van der Waals surface area contributed by atoms with Crippen LogP contribution >= 0.6 is 28.1 Å². The zero-order valence-corrected chi connectivity index (χ0v) is 16.4. The normalized spacial score (nSPS) is 15.0. The van der Waals surface area contributed by atoms with E-state index in [-0.39, 0.29) is 5.91 Å². The number of aromatic amines is 1. The minimum atomic E-state index is -0.177. The molecule has 8 heteroatoms. The predicted molar refractivity (Wildman–Crippen MR) is 107 cm³/mol. The number of halogens is 1. The van der Waals surface area contributed by atoms with Crippen molar-refractivity contribution in [2.24, 2.45) is 5.10 Å². The third-order valence-electron chi connectivity index (χ3n) is 4.25. The summed E-state index contributed by atoms with van der Waals surface area (Å²) in [7, 11) is 1.75. The third kappa shape index (κ3) is 2.62. The monoisotopic (exact) mass is 427 g/mol. The van der Waals surface area contributed by atoms with Crippen molar-refractivity contribution in [3.05, 3.63) is 62.8 Å². The van der Waals surface area contributed by atoms with E-state index in [4.69, 9.17) is 12.2 Å². The fourth-order valence-electron chi connectivity index (χ4n) is 3.09. The van der Waals surface area contributed by atoms with Gasteiger partial charge >= 0.3 is 0 Å². The fourth-order valence-corrected chi connectivity index (χ4v) is 3.84. The SMILES string of the molecule is Cc1cc(Br)cc2c1N(C)C(=O)C2=Nn1c(-c2ccccc2)n[nH]c1=S. The molecule has 6 nitrogen and oxygen atoms in total. The Kier molecular flexibility index (Phi) is 4.08. The predicted octanol–water partition coefficient (Wildman–Crippen LogP) is 3.91. The number of rotatable bonds is 2. The number of carbonyl (C=O) groups excluding carboxylic acids is 1. The summed E-state index contributed by atoms with van der Waals surface area (Å²) in [5.74, 6) is 0.377. The number of hydrogen-bond donors (Lipinski definition) is 1. The highest BCUT2D eigenvalue weighted by atomic mass is 79.9. The first-order chi connectivity index (χ1) is 12.5. The second-order valence-corrected chi connectivity index (χ2v) is 7.26. The zero-order chi connectivity index (χ0) is 18.4. The van der Waals surface area contributed by atoms with Gasteiger partial charge in [-0.2, -0.15) is 14.9 Å². The molecule has 26 heavy (non-hydrogen) atoms. The van der Waals surface area contributed by atoms with Crippen LogP contribution in [-0.2, 0) is 4.79 Å². The number of hydrogen-bond acceptors (Lipinski definition) is 4. The molecule has 0 fully saturated rings. The van der Waals surface area contributed by atoms with Gasteiger partial charge in [-0.05, 0) is 36.8 Å². The van der Waals surface area contributed by atoms with Gasteiger partial charge in [0.25, 0.3) is 5.91 Å². The lowest BCUT2D eigenvalue weighted by Crippen LogP contribution is -2.26. The standard InChI is InChI=1S/C18H14BrN5OS/c1-10-8-12(19)9-13-14(17(25)23(2)15(10)13)22-24-16(20-21-18(24)26)11-6-4-3-5-7-11/h3-9H,1-2H3,(H,21,26). The number of nitrogens with zero attached hydrogens (tertiary/aromatic N) is 4. The maximum absolute atomic E-state index is 12.8. The van der Waals surface area contributed by atoms with Crippen LogP contribution < -0.4 is 4.90 Å². The lowest BCUT2D eigenvalue weighted by Gasteiger charge is -2.12. The number of H-pyrrole nitrogens is 1. The van der Waals surface area contributed by atoms with Crippen LogP contribution in [0.15, 0.2) is 52.0 Å². The number of fused-ring (bicyclic) bond motifs is 1. The number of aryl methyl sites for hydroxylation is 1. The molecule has 4 rings (SSSR count). The molecular weight excluding hydrogens is 414 g/mol. The minimum Gasteiger partial charge on any atom is -0.309 e. The first-order valence-corrected chi connectivity index (χ1v) is 9.08. The summed E-state index contributed by atoms with van der Waals surface area (Å²) in [5, 5.41) is 11.6. The van der Waals surface area contributed by atoms with Crippen LogP contribution in [0.2, 0.25) is 0 Å². The molecule has 0 aliphatic carbocycles. The summed E-state index contributed by atoms with van der Waals surface area (Å²) in [6, 6.07) is 13.5. The number of carbonyl (C=O) groups is 1. The average molecular weight is 428 g/mol. The number of nitrogens with one attached hydrogen (secondary N) is 1. The number of amides is 1. The highest BCUT2D eigenvalue weighted by Gasteiger charge is 2.33. The van der Waals surface area contributed by atoms with Crippen molar-refractivity contribution < 1.29 is 4.79 Å². The molecule has 1 amide bonds. The van der Waals surface area contributed by atoms with Crippen molar-refractivity contribution in [3.8, 4) is 11.4 Å². The van der Waals surface area contributed by atoms with Crippen LogP contribution in [0.4, 0.5) is 5.69 Å². The smallest absolute Gasteiger partial charge is 0.279 e. The first kappa shape index (κ1) is 16.9. The van der Waals surface area contributed by atoms with E-state index < -0.39 is 0 Å². The maximum atomic E-state index is 12.8. The molecule has 1 N–H and O–H groups in total. The topological polar surface area (TPSA) is 66.3 Å². The Labute approximate surface area is 163 Å². The number of aromatic nitrogens is 3. The maximum Gasteiger partial charge on any atom is 0.279 e. The van der Waals surface area contributed by atoms with Crippen LogP contribution in [0.1, 0.15) is 11.1 Å². The van der Waals surface area contributed by atoms with Crippen LogP contribution in [0, 0.1) is 11.7 Å². The summed E-state index contributed by atoms with van der Waals surface area (Å²) < 4.78 is 2.72. The molecule has 0 bridgehead atoms. The number of anilines is 1. The quantitative estimate of drug-likeness (QED) is 0.630. The molecule has 0 saturated carbocycles. The molecule has 0 atom stereocenters. The molecule has 1 aromatic heterocycles. The van der Waals surface area contributed by atoms with E-state index in [2.05, 4.69) is 31.2 Å². The van der Waals surface area contributed by atoms with Gasteiger partial charge in [-0.1, -0.05) is 46.3 Å². The van der Waals surface area contributed by atoms with Gasteiger partial charge in [0.15, 0.2) is 11.5 Å². The van der Waals surface area contributed by atoms with Gasteiger partial charge in [0.1, 0.15) is 0 Å². The van der Waals surface area contributed by atoms with Crippen molar-refractivity contribution in [2.75, 3.05) is 11.9 Å². The summed E-state index contributed by atoms with van der Waals surface area (Å²) >= 11 is 8.83. The van der Waals surface area contributed by atoms with Crippen LogP contribution in [0.3, 0.4) is 0 Å². The van der Waals surface area contributed by atoms with E-state index in [1.807, 2.05) is 49.4 Å². The van der Waals surface area contributed by atoms with Crippen LogP contribution in [0.25, 0.3) is 11.4 Å². The minimum absolute atomic E-state index is 0.177. The summed E-state index contributed by atoms with van der Waals surface area (Å²) in [6.07, 6.45) is 0. The second kappa shape index (κ2) is 6.30. The fraction of sp³-hybridized carbons (Fsp3) is 0.111. The molecule has 0 spiro atoms. The van der Waals surface area contributed by atoms with Gasteiger partial charge in [-0.15, -0.1) is 0 Å². The van der Waals surface area contributed by atoms with E-state index in [0.29, 0.717) is 16.3 Å². The highest BCUT2D eigenvalue weighted by molar-refractivity contribution is 9.10. The molecule has 1 aliphatic heterocycles. The Morgan fingerprint density at radius 3 is 2.69 bits per heavy atom. The molecule has 1 aliphatic rings. The Bertz CT molecular complexity index is 1120. The first-order valence-electron chi connectivity index (χ1n) is 7.88. The van der Waals surface area contributed by atoms with E-state index in [1.54, 1.807) is 11.9 Å². The van der Waals surface area contributed by atoms with E-state index in [9.17, 15) is 4.79 Å². The van der Waals surface area contributed by atoms with Crippen molar-refractivity contribution in [2.45, 2.75) is 6.92 Å². The summed E-state index contributed by atoms with van der Waals surface area (Å²) in [6.45, 7) is 1.97. The van der Waals surface area contributed by atoms with Crippen molar-refractivity contribution >= 4 is 45.5 Å². The molecule has 130 valence electrons. The third-order valence-corrected chi connectivity index (χ3v) is 4.97. The molecule has 2 heterocycles. The lowest BCUT2D eigenvalue weighted by atomic mass is 10.1. The average Bonchev–Trinajstić information content (AvgIpc) is 3.09. The number of likely N-dealkylation sites (N-methyl/N-ethyl adjacent to an activating group) is 1. The largest absolute Gasteiger partial charge is 0.309 e. The van der Waals surface area contributed by atoms with Crippen LogP contribution in [0.5, 0.6) is 0 Å². The Balaban J connectivity index is 1.94. The second-order valence-electron chi connectivity index (χ2n) is 5.96. The van der Waals surface area contributed by atoms with E-state index >= 15 is 0 Å². The Morgan fingerprint density at radius 1 is 1.23 bits per heavy atom. The van der Waals surface area contributed by atoms with Gasteiger partial charge in [-0.3, -0.25) is 4.79 Å². The summed E-state index contributed by atoms with van der Waals surface area (Å²) in [5.41, 5.74) is 3.81. The van der Waals surface area contributed by atoms with Gasteiger partial charge < -0.3 is 4.90 Å². The Morgan fingerprint density at radius 2 is 1.96 bits per heavy atom. The highest BCUT2D eigenvalue weighted by Crippen LogP contribution is 2.34. The van der Waals surface area contributed by atoms with E-state index in [1.165, 1.54) is 4.68 Å². The molecule has 0 unspecified atom stereocenters. The Hall–Kier alpha value is -2.58. The van der Waals surface area contributed by atoms with Crippen molar-refractivity contribution in [3.63, 3.8) is 0 Å². The van der Waals surface area contributed by atoms with Gasteiger partial charge in [0.2, 0.25) is 4.77 Å². The van der Waals surface area contributed by atoms with Crippen LogP contribution in [-0.4, -0.2) is 33.5 Å². The molecule has 3 aromatic rings. The molecule has 0 radical (unpaired) electrons.